The van der Waals surface area contributed by atoms with E-state index in [2.05, 4.69) is 20.1 Å². The Hall–Kier alpha value is -2.32. The Morgan fingerprint density at radius 1 is 1.26 bits per heavy atom. The predicted octanol–water partition coefficient (Wildman–Crippen LogP) is -0.148. The molecule has 1 heterocycles. The van der Waals surface area contributed by atoms with E-state index < -0.39 is 0 Å². The molecule has 0 radical (unpaired) electrons. The van der Waals surface area contributed by atoms with E-state index in [4.69, 9.17) is 20.4 Å². The number of amidine groups is 1. The summed E-state index contributed by atoms with van der Waals surface area (Å²) in [7, 11) is 2.93. The number of hydrogen-bond acceptors (Lipinski definition) is 8. The van der Waals surface area contributed by atoms with Crippen LogP contribution in [0.3, 0.4) is 0 Å². The number of rotatable bonds is 7. The zero-order chi connectivity index (χ0) is 14.3. The number of oxime groups is 1. The highest BCUT2D eigenvalue weighted by Gasteiger charge is 2.13. The molecule has 0 aliphatic heterocycles. The Balaban J connectivity index is 2.90. The van der Waals surface area contributed by atoms with Crippen molar-refractivity contribution in [2.45, 2.75) is 13.3 Å². The lowest BCUT2D eigenvalue weighted by molar-refractivity contribution is 0.317. The maximum absolute atomic E-state index is 8.52. The summed E-state index contributed by atoms with van der Waals surface area (Å²) in [6.07, 6.45) is 0.390. The van der Waals surface area contributed by atoms with Gasteiger partial charge >= 0.3 is 12.0 Å². The summed E-state index contributed by atoms with van der Waals surface area (Å²) in [5.74, 6) is 0.559. The van der Waals surface area contributed by atoms with Gasteiger partial charge in [-0.3, -0.25) is 0 Å². The van der Waals surface area contributed by atoms with E-state index in [1.165, 1.54) is 14.2 Å². The summed E-state index contributed by atoms with van der Waals surface area (Å²) in [5.41, 5.74) is 5.44. The zero-order valence-corrected chi connectivity index (χ0v) is 11.2. The summed E-state index contributed by atoms with van der Waals surface area (Å²) in [6, 6.07) is 0.341. The van der Waals surface area contributed by atoms with E-state index in [1.54, 1.807) is 0 Å². The molecule has 0 amide bonds. The highest BCUT2D eigenvalue weighted by atomic mass is 16.5. The molecule has 9 heteroatoms. The van der Waals surface area contributed by atoms with E-state index in [1.807, 2.05) is 11.8 Å². The lowest BCUT2D eigenvalue weighted by Gasteiger charge is -2.20. The minimum atomic E-state index is 0.145. The Morgan fingerprint density at radius 2 is 1.84 bits per heavy atom. The van der Waals surface area contributed by atoms with Crippen LogP contribution in [-0.4, -0.2) is 53.3 Å². The number of aromatic nitrogens is 3. The van der Waals surface area contributed by atoms with Gasteiger partial charge in [0.1, 0.15) is 5.84 Å². The van der Waals surface area contributed by atoms with Gasteiger partial charge in [0, 0.05) is 19.5 Å². The molecule has 1 aromatic heterocycles. The molecule has 3 N–H and O–H groups in total. The number of hydrogen-bond donors (Lipinski definition) is 2. The Labute approximate surface area is 111 Å². The fourth-order valence-corrected chi connectivity index (χ4v) is 1.35. The number of anilines is 1. The topological polar surface area (TPSA) is 119 Å². The highest BCUT2D eigenvalue weighted by molar-refractivity contribution is 5.80. The summed E-state index contributed by atoms with van der Waals surface area (Å²) >= 11 is 0. The Kier molecular flexibility index (Phi) is 5.58. The smallest absolute Gasteiger partial charge is 0.324 e. The third kappa shape index (κ3) is 4.12. The third-order valence-electron chi connectivity index (χ3n) is 2.38. The normalized spacial score (nSPS) is 11.2. The molecule has 1 aromatic rings. The van der Waals surface area contributed by atoms with E-state index in [9.17, 15) is 0 Å². The second-order valence-corrected chi connectivity index (χ2v) is 3.53. The molecule has 106 valence electrons. The van der Waals surface area contributed by atoms with Crippen LogP contribution in [0.15, 0.2) is 5.16 Å². The Bertz CT molecular complexity index is 417. The fraction of sp³-hybridized carbons (Fsp3) is 0.600. The summed E-state index contributed by atoms with van der Waals surface area (Å²) in [5, 5.41) is 11.4. The molecule has 0 fully saturated rings. The van der Waals surface area contributed by atoms with Gasteiger partial charge in [-0.15, -0.1) is 4.98 Å². The molecular weight excluding hydrogens is 252 g/mol. The predicted molar refractivity (Wildman–Crippen MR) is 68.8 cm³/mol. The first-order valence-corrected chi connectivity index (χ1v) is 5.70. The van der Waals surface area contributed by atoms with Gasteiger partial charge in [0.15, 0.2) is 0 Å². The van der Waals surface area contributed by atoms with Crippen molar-refractivity contribution in [3.05, 3.63) is 0 Å². The standard InChI is InChI=1S/C10H18N6O3/c1-4-16(6-5-7(11)15-17)8-12-9(18-2)14-10(13-8)19-3/h17H,4-6H2,1-3H3,(H2,11,15). The molecule has 0 saturated carbocycles. The molecule has 0 saturated heterocycles. The molecular formula is C10H18N6O3. The van der Waals surface area contributed by atoms with E-state index >= 15 is 0 Å². The number of ether oxygens (including phenoxy) is 2. The van der Waals surface area contributed by atoms with Crippen LogP contribution in [0, 0.1) is 0 Å². The molecule has 1 rings (SSSR count). The minimum Gasteiger partial charge on any atom is -0.467 e. The van der Waals surface area contributed by atoms with Gasteiger partial charge in [-0.25, -0.2) is 0 Å². The SMILES string of the molecule is CCN(CCC(N)=NO)c1nc(OC)nc(OC)n1. The van der Waals surface area contributed by atoms with Gasteiger partial charge in [-0.2, -0.15) is 9.97 Å². The summed E-state index contributed by atoms with van der Waals surface area (Å²) < 4.78 is 9.96. The van der Waals surface area contributed by atoms with Gasteiger partial charge in [0.25, 0.3) is 0 Å². The summed E-state index contributed by atoms with van der Waals surface area (Å²) in [6.45, 7) is 3.09. The molecule has 19 heavy (non-hydrogen) atoms. The van der Waals surface area contributed by atoms with Crippen LogP contribution < -0.4 is 20.1 Å². The van der Waals surface area contributed by atoms with Gasteiger partial charge in [0.05, 0.1) is 14.2 Å². The lowest BCUT2D eigenvalue weighted by Crippen LogP contribution is -2.29. The van der Waals surface area contributed by atoms with Crippen LogP contribution in [0.4, 0.5) is 5.95 Å². The van der Waals surface area contributed by atoms with Gasteiger partial charge < -0.3 is 25.3 Å². The number of methoxy groups -OCH3 is 2. The second kappa shape index (κ2) is 7.19. The third-order valence-corrected chi connectivity index (χ3v) is 2.38. The Morgan fingerprint density at radius 3 is 2.26 bits per heavy atom. The zero-order valence-electron chi connectivity index (χ0n) is 11.2. The second-order valence-electron chi connectivity index (χ2n) is 3.53. The average Bonchev–Trinajstić information content (AvgIpc) is 2.46. The van der Waals surface area contributed by atoms with Crippen LogP contribution >= 0.6 is 0 Å². The first-order chi connectivity index (χ1) is 9.14. The fourth-order valence-electron chi connectivity index (χ4n) is 1.35. The first-order valence-electron chi connectivity index (χ1n) is 5.70. The molecule has 0 atom stereocenters. The summed E-state index contributed by atoms with van der Waals surface area (Å²) in [4.78, 5) is 14.0. The molecule has 9 nitrogen and oxygen atoms in total. The van der Waals surface area contributed by atoms with Crippen molar-refractivity contribution in [2.24, 2.45) is 10.9 Å². The maximum atomic E-state index is 8.52. The van der Waals surface area contributed by atoms with Crippen LogP contribution in [0.2, 0.25) is 0 Å². The van der Waals surface area contributed by atoms with Crippen molar-refractivity contribution in [3.8, 4) is 12.0 Å². The average molecular weight is 270 g/mol. The monoisotopic (exact) mass is 270 g/mol. The largest absolute Gasteiger partial charge is 0.467 e. The van der Waals surface area contributed by atoms with Crippen molar-refractivity contribution in [1.29, 1.82) is 0 Å². The molecule has 0 aliphatic rings. The van der Waals surface area contributed by atoms with Crippen LogP contribution in [0.25, 0.3) is 0 Å². The van der Waals surface area contributed by atoms with E-state index in [0.717, 1.165) is 0 Å². The molecule has 0 unspecified atom stereocenters. The van der Waals surface area contributed by atoms with Crippen LogP contribution in [-0.2, 0) is 0 Å². The van der Waals surface area contributed by atoms with E-state index in [-0.39, 0.29) is 17.9 Å². The molecule has 0 aliphatic carbocycles. The van der Waals surface area contributed by atoms with Gasteiger partial charge in [-0.05, 0) is 6.92 Å². The van der Waals surface area contributed by atoms with Crippen molar-refractivity contribution >= 4 is 11.8 Å². The molecule has 0 bridgehead atoms. The van der Waals surface area contributed by atoms with Crippen molar-refractivity contribution in [3.63, 3.8) is 0 Å². The first kappa shape index (κ1) is 14.7. The minimum absolute atomic E-state index is 0.145. The molecule has 0 spiro atoms. The maximum Gasteiger partial charge on any atom is 0.324 e. The van der Waals surface area contributed by atoms with Crippen LogP contribution in [0.5, 0.6) is 12.0 Å². The van der Waals surface area contributed by atoms with Crippen molar-refractivity contribution < 1.29 is 14.7 Å². The van der Waals surface area contributed by atoms with Crippen molar-refractivity contribution in [2.75, 3.05) is 32.2 Å². The quantitative estimate of drug-likeness (QED) is 0.304. The lowest BCUT2D eigenvalue weighted by atomic mass is 10.3. The number of nitrogens with zero attached hydrogens (tertiary/aromatic N) is 5. The highest BCUT2D eigenvalue weighted by Crippen LogP contribution is 2.15. The molecule has 0 aromatic carbocycles. The number of nitrogens with two attached hydrogens (primary N) is 1. The van der Waals surface area contributed by atoms with E-state index in [0.29, 0.717) is 25.5 Å². The van der Waals surface area contributed by atoms with Crippen molar-refractivity contribution in [1.82, 2.24) is 15.0 Å². The van der Waals surface area contributed by atoms with Gasteiger partial charge in [0.2, 0.25) is 5.95 Å². The van der Waals surface area contributed by atoms with Gasteiger partial charge in [-0.1, -0.05) is 5.16 Å². The van der Waals surface area contributed by atoms with Crippen LogP contribution in [0.1, 0.15) is 13.3 Å².